The molecule has 0 aliphatic carbocycles. The number of aromatic hydroxyl groups is 1. The molecule has 0 aliphatic rings. The van der Waals surface area contributed by atoms with Gasteiger partial charge in [-0.15, -0.1) is 0 Å². The normalized spacial score (nSPS) is 11.6. The Morgan fingerprint density at radius 1 is 0.829 bits per heavy atom. The Bertz CT molecular complexity index is 1160. The molecule has 0 aliphatic heterocycles. The molecule has 3 aromatic rings. The summed E-state index contributed by atoms with van der Waals surface area (Å²) in [6.45, 7) is 5.11. The van der Waals surface area contributed by atoms with Gasteiger partial charge < -0.3 is 15.1 Å². The molecule has 3 aromatic carbocycles. The number of phenols is 1. The highest BCUT2D eigenvalue weighted by atomic mass is 16.4. The van der Waals surface area contributed by atoms with Crippen molar-refractivity contribution in [1.82, 2.24) is 4.90 Å². The molecular formula is C29H31NO5. The molecule has 0 aromatic heterocycles. The number of Topliss-reactive ketones (excluding diaryl/α,β-unsaturated/α-hetero) is 1. The van der Waals surface area contributed by atoms with Gasteiger partial charge in [0.1, 0.15) is 5.75 Å². The first kappa shape index (κ1) is 25.7. The van der Waals surface area contributed by atoms with E-state index in [1.165, 1.54) is 0 Å². The molecule has 6 nitrogen and oxygen atoms in total. The van der Waals surface area contributed by atoms with Crippen molar-refractivity contribution < 1.29 is 24.6 Å². The molecule has 0 radical (unpaired) electrons. The lowest BCUT2D eigenvalue weighted by molar-refractivity contribution is -0.141. The minimum atomic E-state index is -1.01. The summed E-state index contributed by atoms with van der Waals surface area (Å²) in [5.41, 5.74) is 3.73. The van der Waals surface area contributed by atoms with Gasteiger partial charge in [-0.05, 0) is 67.6 Å². The summed E-state index contributed by atoms with van der Waals surface area (Å²) in [6, 6.07) is 21.1. The molecule has 0 saturated carbocycles. The van der Waals surface area contributed by atoms with E-state index < -0.39 is 11.9 Å². The molecular weight excluding hydrogens is 442 g/mol. The summed E-state index contributed by atoms with van der Waals surface area (Å²) in [6.07, 6.45) is 0.672. The van der Waals surface area contributed by atoms with Gasteiger partial charge in [0, 0.05) is 30.6 Å². The third kappa shape index (κ3) is 6.79. The smallest absolute Gasteiger partial charge is 0.306 e. The number of carboxylic acid groups (broad SMARTS) is 1. The monoisotopic (exact) mass is 473 g/mol. The van der Waals surface area contributed by atoms with Gasteiger partial charge in [0.05, 0.1) is 5.92 Å². The van der Waals surface area contributed by atoms with Crippen LogP contribution in [0.3, 0.4) is 0 Å². The minimum absolute atomic E-state index is 0.0439. The fourth-order valence-corrected chi connectivity index (χ4v) is 4.05. The molecule has 0 saturated heterocycles. The Hall–Kier alpha value is -3.93. The summed E-state index contributed by atoms with van der Waals surface area (Å²) >= 11 is 0. The van der Waals surface area contributed by atoms with Crippen LogP contribution in [0.25, 0.3) is 11.1 Å². The van der Waals surface area contributed by atoms with Crippen LogP contribution in [0.15, 0.2) is 72.8 Å². The van der Waals surface area contributed by atoms with E-state index >= 15 is 0 Å². The minimum Gasteiger partial charge on any atom is -0.508 e. The van der Waals surface area contributed by atoms with Gasteiger partial charge >= 0.3 is 5.97 Å². The van der Waals surface area contributed by atoms with Crippen molar-refractivity contribution in [2.75, 3.05) is 13.1 Å². The van der Waals surface area contributed by atoms with Gasteiger partial charge in [0.25, 0.3) is 5.91 Å². The number of hydrogen-bond acceptors (Lipinski definition) is 4. The van der Waals surface area contributed by atoms with E-state index in [2.05, 4.69) is 0 Å². The maximum absolute atomic E-state index is 12.8. The zero-order valence-electron chi connectivity index (χ0n) is 20.1. The summed E-state index contributed by atoms with van der Waals surface area (Å²) in [4.78, 5) is 39.0. The van der Waals surface area contributed by atoms with Crippen LogP contribution in [0, 0.1) is 5.92 Å². The Morgan fingerprint density at radius 3 is 2.00 bits per heavy atom. The number of carbonyl (C=O) groups is 3. The van der Waals surface area contributed by atoms with Gasteiger partial charge in [0.15, 0.2) is 5.78 Å². The average Bonchev–Trinajstić information content (AvgIpc) is 2.87. The van der Waals surface area contributed by atoms with Crippen molar-refractivity contribution in [1.29, 1.82) is 0 Å². The lowest BCUT2D eigenvalue weighted by Crippen LogP contribution is -2.30. The lowest BCUT2D eigenvalue weighted by Gasteiger charge is -2.19. The molecule has 0 heterocycles. The van der Waals surface area contributed by atoms with Crippen LogP contribution in [0.2, 0.25) is 0 Å². The van der Waals surface area contributed by atoms with E-state index in [0.717, 1.165) is 16.7 Å². The number of aryl methyl sites for hydroxylation is 1. The maximum atomic E-state index is 12.8. The zero-order valence-corrected chi connectivity index (χ0v) is 20.1. The number of nitrogens with zero attached hydrogens (tertiary/aromatic N) is 1. The first-order valence-corrected chi connectivity index (χ1v) is 11.9. The molecule has 182 valence electrons. The lowest BCUT2D eigenvalue weighted by atomic mass is 9.91. The van der Waals surface area contributed by atoms with Gasteiger partial charge in [-0.25, -0.2) is 0 Å². The average molecular weight is 474 g/mol. The highest BCUT2D eigenvalue weighted by molar-refractivity contribution is 5.98. The number of ketones is 1. The van der Waals surface area contributed by atoms with Crippen LogP contribution in [0.4, 0.5) is 0 Å². The van der Waals surface area contributed by atoms with Crippen molar-refractivity contribution >= 4 is 17.7 Å². The largest absolute Gasteiger partial charge is 0.508 e. The predicted octanol–water partition coefficient (Wildman–Crippen LogP) is 5.45. The molecule has 35 heavy (non-hydrogen) atoms. The first-order valence-electron chi connectivity index (χ1n) is 11.9. The predicted molar refractivity (Wildman–Crippen MR) is 136 cm³/mol. The number of carboxylic acids is 1. The van der Waals surface area contributed by atoms with Gasteiger partial charge in [0.2, 0.25) is 0 Å². The second kappa shape index (κ2) is 12.0. The topological polar surface area (TPSA) is 94.9 Å². The molecule has 6 heteroatoms. The van der Waals surface area contributed by atoms with Crippen molar-refractivity contribution in [2.45, 2.75) is 33.1 Å². The fourth-order valence-electron chi connectivity index (χ4n) is 4.05. The summed E-state index contributed by atoms with van der Waals surface area (Å²) in [5, 5.41) is 19.1. The van der Waals surface area contributed by atoms with E-state index in [9.17, 15) is 24.6 Å². The number of aliphatic carboxylic acids is 1. The number of phenolic OH excluding ortho intramolecular Hbond substituents is 1. The van der Waals surface area contributed by atoms with Gasteiger partial charge in [-0.3, -0.25) is 14.4 Å². The van der Waals surface area contributed by atoms with Crippen molar-refractivity contribution in [3.05, 3.63) is 89.5 Å². The number of rotatable bonds is 11. The van der Waals surface area contributed by atoms with Crippen molar-refractivity contribution in [3.63, 3.8) is 0 Å². The van der Waals surface area contributed by atoms with Crippen LogP contribution in [-0.4, -0.2) is 45.9 Å². The number of hydrogen-bond donors (Lipinski definition) is 2. The van der Waals surface area contributed by atoms with Crippen LogP contribution < -0.4 is 0 Å². The quantitative estimate of drug-likeness (QED) is 0.361. The van der Waals surface area contributed by atoms with E-state index in [1.807, 2.05) is 44.2 Å². The number of benzene rings is 3. The van der Waals surface area contributed by atoms with E-state index in [-0.39, 0.29) is 23.9 Å². The molecule has 0 fully saturated rings. The molecule has 0 spiro atoms. The standard InChI is InChI=1S/C29H31NO5/c1-3-30(4-2)28(33)24-7-5-6-20(18-24)8-9-25(29(34)35)19-27(32)23-12-10-21(11-13-23)22-14-16-26(31)17-15-22/h5-7,10-18,25,31H,3-4,8-9,19H2,1-2H3,(H,34,35). The summed E-state index contributed by atoms with van der Waals surface area (Å²) < 4.78 is 0. The zero-order chi connectivity index (χ0) is 25.4. The summed E-state index contributed by atoms with van der Waals surface area (Å²) in [5.74, 6) is -1.91. The van der Waals surface area contributed by atoms with E-state index in [4.69, 9.17) is 0 Å². The molecule has 1 amide bonds. The Balaban J connectivity index is 1.64. The number of carbonyl (C=O) groups excluding carboxylic acids is 2. The van der Waals surface area contributed by atoms with Crippen LogP contribution in [0.5, 0.6) is 5.75 Å². The maximum Gasteiger partial charge on any atom is 0.306 e. The van der Waals surface area contributed by atoms with Crippen molar-refractivity contribution in [2.24, 2.45) is 5.92 Å². The van der Waals surface area contributed by atoms with Crippen LogP contribution in [0.1, 0.15) is 53.0 Å². The summed E-state index contributed by atoms with van der Waals surface area (Å²) in [7, 11) is 0. The van der Waals surface area contributed by atoms with Gasteiger partial charge in [-0.2, -0.15) is 0 Å². The Morgan fingerprint density at radius 2 is 1.43 bits per heavy atom. The third-order valence-corrected chi connectivity index (χ3v) is 6.19. The van der Waals surface area contributed by atoms with E-state index in [0.29, 0.717) is 37.1 Å². The fraction of sp³-hybridized carbons (Fsp3) is 0.276. The van der Waals surface area contributed by atoms with Crippen LogP contribution >= 0.6 is 0 Å². The Labute approximate surface area is 205 Å². The SMILES string of the molecule is CCN(CC)C(=O)c1cccc(CCC(CC(=O)c2ccc(-c3ccc(O)cc3)cc2)C(=O)O)c1. The highest BCUT2D eigenvalue weighted by Gasteiger charge is 2.22. The first-order chi connectivity index (χ1) is 16.8. The molecule has 2 N–H and O–H groups in total. The molecule has 0 bridgehead atoms. The number of amides is 1. The second-order valence-electron chi connectivity index (χ2n) is 8.50. The van der Waals surface area contributed by atoms with Gasteiger partial charge in [-0.1, -0.05) is 48.5 Å². The van der Waals surface area contributed by atoms with Crippen molar-refractivity contribution in [3.8, 4) is 16.9 Å². The Kier molecular flexibility index (Phi) is 8.79. The molecule has 1 atom stereocenters. The second-order valence-corrected chi connectivity index (χ2v) is 8.50. The van der Waals surface area contributed by atoms with E-state index in [1.54, 1.807) is 47.4 Å². The highest BCUT2D eigenvalue weighted by Crippen LogP contribution is 2.24. The third-order valence-electron chi connectivity index (χ3n) is 6.19. The molecule has 1 unspecified atom stereocenters. The molecule has 3 rings (SSSR count). The van der Waals surface area contributed by atoms with Crippen LogP contribution in [-0.2, 0) is 11.2 Å².